The average Bonchev–Trinajstić information content (AvgIpc) is 2.68. The predicted octanol–water partition coefficient (Wildman–Crippen LogP) is 3.56. The summed E-state index contributed by atoms with van der Waals surface area (Å²) in [4.78, 5) is 6.86. The molecule has 2 heterocycles. The van der Waals surface area contributed by atoms with Gasteiger partial charge in [0.25, 0.3) is 0 Å². The van der Waals surface area contributed by atoms with E-state index < -0.39 is 9.84 Å². The molecule has 0 aliphatic carbocycles. The summed E-state index contributed by atoms with van der Waals surface area (Å²) < 4.78 is 32.0. The van der Waals surface area contributed by atoms with Crippen molar-refractivity contribution in [1.82, 2.24) is 4.98 Å². The summed E-state index contributed by atoms with van der Waals surface area (Å²) in [5.74, 6) is 0. The van der Waals surface area contributed by atoms with Crippen LogP contribution >= 0.6 is 11.6 Å². The minimum Gasteiger partial charge on any atom is -0.378 e. The smallest absolute Gasteiger partial charge is 0.210 e. The first-order valence-electron chi connectivity index (χ1n) is 8.28. The molecule has 134 valence electrons. The van der Waals surface area contributed by atoms with E-state index in [0.29, 0.717) is 42.5 Å². The summed E-state index contributed by atoms with van der Waals surface area (Å²) in [6, 6.07) is 13.8. The van der Waals surface area contributed by atoms with Crippen LogP contribution in [0.3, 0.4) is 0 Å². The molecule has 4 rings (SSSR count). The molecule has 5 nitrogen and oxygen atoms in total. The molecular formula is C19H17ClN2O3S. The fourth-order valence-electron chi connectivity index (χ4n) is 3.17. The third kappa shape index (κ3) is 3.05. The number of ether oxygens (including phenoxy) is 1. The van der Waals surface area contributed by atoms with Gasteiger partial charge in [0.05, 0.1) is 29.3 Å². The Bertz CT molecular complexity index is 1050. The number of fused-ring (bicyclic) bond motifs is 1. The zero-order chi connectivity index (χ0) is 18.1. The number of halogens is 1. The number of anilines is 1. The second-order valence-electron chi connectivity index (χ2n) is 6.05. The summed E-state index contributed by atoms with van der Waals surface area (Å²) in [5, 5.41) is 1.28. The Kier molecular flexibility index (Phi) is 4.56. The number of sulfone groups is 1. The highest BCUT2D eigenvalue weighted by molar-refractivity contribution is 7.91. The molecule has 0 saturated carbocycles. The van der Waals surface area contributed by atoms with Gasteiger partial charge in [0.1, 0.15) is 4.90 Å². The van der Waals surface area contributed by atoms with E-state index in [1.165, 1.54) is 6.20 Å². The monoisotopic (exact) mass is 388 g/mol. The van der Waals surface area contributed by atoms with Crippen LogP contribution in [0.25, 0.3) is 10.9 Å². The SMILES string of the molecule is O=S(=O)(c1ccccc1)c1cnc2ccc(Cl)cc2c1N1CCOCC1. The number of benzene rings is 2. The van der Waals surface area contributed by atoms with E-state index in [9.17, 15) is 8.42 Å². The number of pyridine rings is 1. The number of nitrogens with zero attached hydrogens (tertiary/aromatic N) is 2. The molecule has 0 unspecified atom stereocenters. The summed E-state index contributed by atoms with van der Waals surface area (Å²) in [7, 11) is -3.71. The summed E-state index contributed by atoms with van der Waals surface area (Å²) in [5.41, 5.74) is 1.35. The van der Waals surface area contributed by atoms with Gasteiger partial charge in [-0.1, -0.05) is 29.8 Å². The maximum Gasteiger partial charge on any atom is 0.210 e. The topological polar surface area (TPSA) is 59.5 Å². The molecule has 7 heteroatoms. The maximum absolute atomic E-state index is 13.3. The number of rotatable bonds is 3. The molecule has 1 saturated heterocycles. The van der Waals surface area contributed by atoms with Gasteiger partial charge in [-0.25, -0.2) is 8.42 Å². The molecule has 1 aromatic heterocycles. The Balaban J connectivity index is 2.00. The minimum atomic E-state index is -3.71. The van der Waals surface area contributed by atoms with Crippen molar-refractivity contribution in [2.75, 3.05) is 31.2 Å². The van der Waals surface area contributed by atoms with Crippen molar-refractivity contribution >= 4 is 38.0 Å². The van der Waals surface area contributed by atoms with Gasteiger partial charge in [-0.2, -0.15) is 0 Å². The second-order valence-corrected chi connectivity index (χ2v) is 8.40. The van der Waals surface area contributed by atoms with E-state index in [0.717, 1.165) is 5.39 Å². The van der Waals surface area contributed by atoms with Crippen LogP contribution in [0, 0.1) is 0 Å². The quantitative estimate of drug-likeness (QED) is 0.686. The molecule has 0 bridgehead atoms. The first-order chi connectivity index (χ1) is 12.6. The standard InChI is InChI=1S/C19H17ClN2O3S/c20-14-6-7-17-16(12-14)19(22-8-10-25-11-9-22)18(13-21-17)26(23,24)15-4-2-1-3-5-15/h1-7,12-13H,8-11H2. The van der Waals surface area contributed by atoms with Gasteiger partial charge in [0.2, 0.25) is 9.84 Å². The molecule has 26 heavy (non-hydrogen) atoms. The Morgan fingerprint density at radius 2 is 1.77 bits per heavy atom. The molecule has 3 aromatic rings. The highest BCUT2D eigenvalue weighted by atomic mass is 35.5. The zero-order valence-electron chi connectivity index (χ0n) is 13.9. The Morgan fingerprint density at radius 3 is 2.50 bits per heavy atom. The van der Waals surface area contributed by atoms with Gasteiger partial charge in [0, 0.05) is 29.7 Å². The van der Waals surface area contributed by atoms with Crippen LogP contribution in [-0.4, -0.2) is 39.7 Å². The fourth-order valence-corrected chi connectivity index (χ4v) is 4.80. The van der Waals surface area contributed by atoms with Crippen molar-refractivity contribution in [2.45, 2.75) is 9.79 Å². The zero-order valence-corrected chi connectivity index (χ0v) is 15.5. The van der Waals surface area contributed by atoms with Crippen LogP contribution < -0.4 is 4.90 Å². The van der Waals surface area contributed by atoms with Crippen molar-refractivity contribution in [1.29, 1.82) is 0 Å². The highest BCUT2D eigenvalue weighted by Gasteiger charge is 2.27. The first-order valence-corrected chi connectivity index (χ1v) is 10.1. The Labute approximate surface area is 157 Å². The number of aromatic nitrogens is 1. The van der Waals surface area contributed by atoms with Gasteiger partial charge in [-0.05, 0) is 30.3 Å². The molecule has 0 radical (unpaired) electrons. The molecule has 1 fully saturated rings. The summed E-state index contributed by atoms with van der Waals surface area (Å²) >= 11 is 6.19. The molecule has 1 aliphatic rings. The van der Waals surface area contributed by atoms with E-state index in [1.54, 1.807) is 48.5 Å². The van der Waals surface area contributed by atoms with E-state index in [1.807, 2.05) is 4.90 Å². The van der Waals surface area contributed by atoms with Crippen LogP contribution in [0.5, 0.6) is 0 Å². The number of hydrogen-bond donors (Lipinski definition) is 0. The van der Waals surface area contributed by atoms with Gasteiger partial charge in [-0.3, -0.25) is 4.98 Å². The third-order valence-corrected chi connectivity index (χ3v) is 6.44. The lowest BCUT2D eigenvalue weighted by molar-refractivity contribution is 0.122. The van der Waals surface area contributed by atoms with Crippen LogP contribution in [0.15, 0.2) is 64.5 Å². The van der Waals surface area contributed by atoms with Gasteiger partial charge < -0.3 is 9.64 Å². The average molecular weight is 389 g/mol. The molecular weight excluding hydrogens is 372 g/mol. The van der Waals surface area contributed by atoms with Crippen molar-refractivity contribution in [3.8, 4) is 0 Å². The van der Waals surface area contributed by atoms with Crippen LogP contribution in [0.1, 0.15) is 0 Å². The van der Waals surface area contributed by atoms with Gasteiger partial charge in [-0.15, -0.1) is 0 Å². The second kappa shape index (κ2) is 6.87. The molecule has 2 aromatic carbocycles. The highest BCUT2D eigenvalue weighted by Crippen LogP contribution is 2.37. The fraction of sp³-hybridized carbons (Fsp3) is 0.211. The molecule has 1 aliphatic heterocycles. The largest absolute Gasteiger partial charge is 0.378 e. The molecule has 0 N–H and O–H groups in total. The van der Waals surface area contributed by atoms with E-state index in [4.69, 9.17) is 16.3 Å². The lowest BCUT2D eigenvalue weighted by Crippen LogP contribution is -2.37. The van der Waals surface area contributed by atoms with Crippen molar-refractivity contribution in [3.05, 3.63) is 59.8 Å². The molecule has 0 amide bonds. The molecule has 0 atom stereocenters. The third-order valence-electron chi connectivity index (χ3n) is 4.44. The van der Waals surface area contributed by atoms with E-state index >= 15 is 0 Å². The van der Waals surface area contributed by atoms with Crippen molar-refractivity contribution < 1.29 is 13.2 Å². The van der Waals surface area contributed by atoms with Crippen LogP contribution in [-0.2, 0) is 14.6 Å². The lowest BCUT2D eigenvalue weighted by atomic mass is 10.1. The normalized spacial score (nSPS) is 15.3. The summed E-state index contributed by atoms with van der Waals surface area (Å²) in [6.07, 6.45) is 1.45. The van der Waals surface area contributed by atoms with E-state index in [-0.39, 0.29) is 9.79 Å². The van der Waals surface area contributed by atoms with Crippen molar-refractivity contribution in [2.24, 2.45) is 0 Å². The Morgan fingerprint density at radius 1 is 1.04 bits per heavy atom. The van der Waals surface area contributed by atoms with E-state index in [2.05, 4.69) is 4.98 Å². The lowest BCUT2D eigenvalue weighted by Gasteiger charge is -2.31. The van der Waals surface area contributed by atoms with Gasteiger partial charge in [0.15, 0.2) is 0 Å². The molecule has 0 spiro atoms. The first kappa shape index (κ1) is 17.3. The minimum absolute atomic E-state index is 0.195. The maximum atomic E-state index is 13.3. The number of hydrogen-bond acceptors (Lipinski definition) is 5. The predicted molar refractivity (Wildman–Crippen MR) is 102 cm³/mol. The van der Waals surface area contributed by atoms with Gasteiger partial charge >= 0.3 is 0 Å². The van der Waals surface area contributed by atoms with Crippen LogP contribution in [0.2, 0.25) is 5.02 Å². The summed E-state index contributed by atoms with van der Waals surface area (Å²) in [6.45, 7) is 2.33. The Hall–Kier alpha value is -2.15. The van der Waals surface area contributed by atoms with Crippen LogP contribution in [0.4, 0.5) is 5.69 Å². The van der Waals surface area contributed by atoms with Crippen molar-refractivity contribution in [3.63, 3.8) is 0 Å². The number of morpholine rings is 1.